The molecule has 3 aromatic rings. The average Bonchev–Trinajstić information content (AvgIpc) is 2.83. The van der Waals surface area contributed by atoms with Crippen molar-refractivity contribution < 1.29 is 4.79 Å². The number of carbonyl (C=O) groups excluding carboxylic acids is 1. The largest absolute Gasteiger partial charge is 0.354 e. The number of fused-ring (bicyclic) bond motifs is 1. The van der Waals surface area contributed by atoms with Crippen LogP contribution in [0.2, 0.25) is 5.02 Å². The summed E-state index contributed by atoms with van der Waals surface area (Å²) in [5.41, 5.74) is 6.86. The molecule has 0 spiro atoms. The Labute approximate surface area is 128 Å². The first-order valence-corrected chi connectivity index (χ1v) is 7.24. The fourth-order valence-corrected chi connectivity index (χ4v) is 3.11. The van der Waals surface area contributed by atoms with Crippen LogP contribution in [0.15, 0.2) is 30.3 Å². The predicted octanol–water partition coefficient (Wildman–Crippen LogP) is 5.23. The van der Waals surface area contributed by atoms with Gasteiger partial charge in [0, 0.05) is 16.5 Å². The van der Waals surface area contributed by atoms with E-state index in [1.165, 1.54) is 5.56 Å². The predicted molar refractivity (Wildman–Crippen MR) is 88.3 cm³/mol. The summed E-state index contributed by atoms with van der Waals surface area (Å²) in [6, 6.07) is 10.0. The maximum absolute atomic E-state index is 11.6. The molecule has 1 aromatic heterocycles. The summed E-state index contributed by atoms with van der Waals surface area (Å²) in [5.74, 6) is 0. The van der Waals surface area contributed by atoms with Crippen LogP contribution in [0, 0.1) is 20.8 Å². The Morgan fingerprint density at radius 2 is 1.81 bits per heavy atom. The number of halogens is 1. The number of hydrogen-bond donors (Lipinski definition) is 1. The average molecular weight is 298 g/mol. The van der Waals surface area contributed by atoms with E-state index in [2.05, 4.69) is 31.0 Å². The molecule has 106 valence electrons. The molecular weight excluding hydrogens is 282 g/mol. The molecule has 3 heteroatoms. The lowest BCUT2D eigenvalue weighted by atomic mass is 10.00. The first-order chi connectivity index (χ1) is 10.0. The van der Waals surface area contributed by atoms with Crippen molar-refractivity contribution in [3.63, 3.8) is 0 Å². The molecule has 0 aliphatic heterocycles. The van der Waals surface area contributed by atoms with Crippen molar-refractivity contribution in [3.8, 4) is 11.3 Å². The van der Waals surface area contributed by atoms with Gasteiger partial charge in [-0.05, 0) is 38.0 Å². The van der Waals surface area contributed by atoms with Crippen molar-refractivity contribution >= 4 is 28.8 Å². The minimum absolute atomic E-state index is 0.602. The van der Waals surface area contributed by atoms with Gasteiger partial charge in [-0.1, -0.05) is 41.4 Å². The van der Waals surface area contributed by atoms with Gasteiger partial charge in [0.05, 0.1) is 16.2 Å². The smallest absolute Gasteiger partial charge is 0.152 e. The van der Waals surface area contributed by atoms with Crippen molar-refractivity contribution in [2.24, 2.45) is 0 Å². The Morgan fingerprint density at radius 1 is 1.05 bits per heavy atom. The minimum atomic E-state index is 0.602. The molecule has 21 heavy (non-hydrogen) atoms. The highest BCUT2D eigenvalue weighted by molar-refractivity contribution is 6.37. The quantitative estimate of drug-likeness (QED) is 0.646. The van der Waals surface area contributed by atoms with E-state index in [4.69, 9.17) is 11.6 Å². The Kier molecular flexibility index (Phi) is 3.34. The van der Waals surface area contributed by atoms with Gasteiger partial charge in [-0.3, -0.25) is 4.79 Å². The van der Waals surface area contributed by atoms with Gasteiger partial charge < -0.3 is 4.98 Å². The Bertz CT molecular complexity index is 861. The Morgan fingerprint density at radius 3 is 2.48 bits per heavy atom. The number of benzene rings is 2. The monoisotopic (exact) mass is 297 g/mol. The molecule has 0 fully saturated rings. The van der Waals surface area contributed by atoms with Gasteiger partial charge >= 0.3 is 0 Å². The van der Waals surface area contributed by atoms with E-state index in [1.807, 2.05) is 25.1 Å². The van der Waals surface area contributed by atoms with E-state index < -0.39 is 0 Å². The van der Waals surface area contributed by atoms with E-state index in [0.29, 0.717) is 10.6 Å². The molecule has 0 unspecified atom stereocenters. The minimum Gasteiger partial charge on any atom is -0.354 e. The molecule has 1 N–H and O–H groups in total. The van der Waals surface area contributed by atoms with Crippen molar-refractivity contribution in [2.45, 2.75) is 20.8 Å². The fraction of sp³-hybridized carbons (Fsp3) is 0.167. The van der Waals surface area contributed by atoms with Crippen LogP contribution in [0.5, 0.6) is 0 Å². The molecule has 0 aliphatic rings. The zero-order valence-corrected chi connectivity index (χ0v) is 13.0. The summed E-state index contributed by atoms with van der Waals surface area (Å²) < 4.78 is 0. The van der Waals surface area contributed by atoms with Crippen LogP contribution in [0.4, 0.5) is 0 Å². The summed E-state index contributed by atoms with van der Waals surface area (Å²) in [4.78, 5) is 15.0. The number of aryl methyl sites for hydroxylation is 3. The number of nitrogens with one attached hydrogen (secondary N) is 1. The second-order valence-corrected chi connectivity index (χ2v) is 5.87. The van der Waals surface area contributed by atoms with Crippen molar-refractivity contribution in [3.05, 3.63) is 57.6 Å². The van der Waals surface area contributed by atoms with Crippen molar-refractivity contribution in [2.75, 3.05) is 0 Å². The third kappa shape index (κ3) is 2.16. The molecule has 0 bridgehead atoms. The first kappa shape index (κ1) is 13.9. The summed E-state index contributed by atoms with van der Waals surface area (Å²) >= 11 is 6.30. The molecule has 2 aromatic carbocycles. The Hall–Kier alpha value is -2.06. The molecule has 0 radical (unpaired) electrons. The van der Waals surface area contributed by atoms with Crippen molar-refractivity contribution in [1.82, 2.24) is 4.98 Å². The van der Waals surface area contributed by atoms with Gasteiger partial charge in [-0.15, -0.1) is 0 Å². The SMILES string of the molecule is Cc1ccc(-c2[nH]c3c(C)ccc(Cl)c3c2C=O)c(C)c1. The third-order valence-corrected chi connectivity index (χ3v) is 4.24. The van der Waals surface area contributed by atoms with E-state index in [-0.39, 0.29) is 0 Å². The molecule has 2 nitrogen and oxygen atoms in total. The highest BCUT2D eigenvalue weighted by Crippen LogP contribution is 2.36. The standard InChI is InChI=1S/C18H16ClNO/c1-10-4-6-13(12(3)8-10)18-14(9-21)16-15(19)7-5-11(2)17(16)20-18/h4-9,20H,1-3H3. The van der Waals surface area contributed by atoms with Gasteiger partial charge in [0.1, 0.15) is 0 Å². The number of rotatable bonds is 2. The zero-order valence-electron chi connectivity index (χ0n) is 12.3. The Balaban J connectivity index is 2.40. The van der Waals surface area contributed by atoms with E-state index in [9.17, 15) is 4.79 Å². The number of H-pyrrole nitrogens is 1. The molecule has 0 saturated carbocycles. The van der Waals surface area contributed by atoms with Crippen LogP contribution in [-0.2, 0) is 0 Å². The lowest BCUT2D eigenvalue weighted by molar-refractivity contribution is 0.112. The van der Waals surface area contributed by atoms with E-state index >= 15 is 0 Å². The maximum atomic E-state index is 11.6. The number of hydrogen-bond acceptors (Lipinski definition) is 1. The number of aldehydes is 1. The van der Waals surface area contributed by atoms with Gasteiger partial charge in [0.15, 0.2) is 6.29 Å². The van der Waals surface area contributed by atoms with Crippen LogP contribution >= 0.6 is 11.6 Å². The van der Waals surface area contributed by atoms with Crippen LogP contribution in [0.25, 0.3) is 22.2 Å². The lowest BCUT2D eigenvalue weighted by Gasteiger charge is -2.06. The first-order valence-electron chi connectivity index (χ1n) is 6.86. The van der Waals surface area contributed by atoms with Crippen molar-refractivity contribution in [1.29, 1.82) is 0 Å². The van der Waals surface area contributed by atoms with Gasteiger partial charge in [0.25, 0.3) is 0 Å². The summed E-state index contributed by atoms with van der Waals surface area (Å²) in [6.45, 7) is 6.12. The molecule has 0 saturated heterocycles. The van der Waals surface area contributed by atoms with Crippen LogP contribution in [0.3, 0.4) is 0 Å². The highest BCUT2D eigenvalue weighted by Gasteiger charge is 2.17. The fourth-order valence-electron chi connectivity index (χ4n) is 2.85. The van der Waals surface area contributed by atoms with E-state index in [1.54, 1.807) is 0 Å². The second-order valence-electron chi connectivity index (χ2n) is 5.46. The molecule has 0 atom stereocenters. The lowest BCUT2D eigenvalue weighted by Crippen LogP contribution is -1.89. The van der Waals surface area contributed by atoms with Crippen LogP contribution in [0.1, 0.15) is 27.0 Å². The molecule has 0 aliphatic carbocycles. The van der Waals surface area contributed by atoms with Crippen LogP contribution in [-0.4, -0.2) is 11.3 Å². The maximum Gasteiger partial charge on any atom is 0.152 e. The van der Waals surface area contributed by atoms with Crippen LogP contribution < -0.4 is 0 Å². The third-order valence-electron chi connectivity index (χ3n) is 3.92. The summed E-state index contributed by atoms with van der Waals surface area (Å²) in [7, 11) is 0. The molecule has 3 rings (SSSR count). The zero-order chi connectivity index (χ0) is 15.1. The van der Waals surface area contributed by atoms with Gasteiger partial charge in [-0.25, -0.2) is 0 Å². The highest BCUT2D eigenvalue weighted by atomic mass is 35.5. The normalized spacial score (nSPS) is 11.0. The van der Waals surface area contributed by atoms with Gasteiger partial charge in [-0.2, -0.15) is 0 Å². The summed E-state index contributed by atoms with van der Waals surface area (Å²) in [5, 5.41) is 1.41. The topological polar surface area (TPSA) is 32.9 Å². The second kappa shape index (κ2) is 5.05. The molecular formula is C18H16ClNO. The number of aromatic amines is 1. The number of aromatic nitrogens is 1. The molecule has 0 amide bonds. The molecule has 1 heterocycles. The summed E-state index contributed by atoms with van der Waals surface area (Å²) in [6.07, 6.45) is 0.888. The van der Waals surface area contributed by atoms with E-state index in [0.717, 1.165) is 39.6 Å². The van der Waals surface area contributed by atoms with Gasteiger partial charge in [0.2, 0.25) is 0 Å². The number of carbonyl (C=O) groups is 1.